The highest BCUT2D eigenvalue weighted by molar-refractivity contribution is 6.16. The van der Waals surface area contributed by atoms with Gasteiger partial charge in [0.2, 0.25) is 5.78 Å². The zero-order valence-corrected chi connectivity index (χ0v) is 11.5. The molecule has 22 heavy (non-hydrogen) atoms. The smallest absolute Gasteiger partial charge is 0.235 e. The fraction of sp³-hybridized carbons (Fsp3) is 0.0625. The van der Waals surface area contributed by atoms with E-state index >= 15 is 0 Å². The van der Waals surface area contributed by atoms with Gasteiger partial charge < -0.3 is 25.2 Å². The minimum Gasteiger partial charge on any atom is -0.507 e. The molecule has 0 aliphatic carbocycles. The third-order valence-corrected chi connectivity index (χ3v) is 3.44. The standard InChI is InChI=1S/C16H12O6/c1-7-10(18)6-12(20)14-15(21)13(22-16(7)14)5-8-2-3-9(17)11(19)4-8/h2-6,17-20H,1H3. The lowest BCUT2D eigenvalue weighted by atomic mass is 10.0. The van der Waals surface area contributed by atoms with E-state index in [2.05, 4.69) is 0 Å². The average Bonchev–Trinajstić information content (AvgIpc) is 2.78. The number of fused-ring (bicyclic) bond motifs is 1. The van der Waals surface area contributed by atoms with E-state index in [0.29, 0.717) is 11.1 Å². The van der Waals surface area contributed by atoms with Crippen molar-refractivity contribution in [2.75, 3.05) is 0 Å². The Labute approximate surface area is 125 Å². The molecule has 0 aromatic heterocycles. The molecule has 3 rings (SSSR count). The maximum Gasteiger partial charge on any atom is 0.235 e. The summed E-state index contributed by atoms with van der Waals surface area (Å²) in [7, 11) is 0. The van der Waals surface area contributed by atoms with Gasteiger partial charge in [-0.1, -0.05) is 6.07 Å². The Morgan fingerprint density at radius 3 is 2.36 bits per heavy atom. The number of rotatable bonds is 1. The molecule has 4 N–H and O–H groups in total. The van der Waals surface area contributed by atoms with Gasteiger partial charge in [0.15, 0.2) is 17.3 Å². The number of carbonyl (C=O) groups is 1. The number of hydrogen-bond donors (Lipinski definition) is 4. The molecule has 0 atom stereocenters. The summed E-state index contributed by atoms with van der Waals surface area (Å²) in [6.07, 6.45) is 1.37. The van der Waals surface area contributed by atoms with E-state index in [1.807, 2.05) is 0 Å². The monoisotopic (exact) mass is 300 g/mol. The fourth-order valence-electron chi connectivity index (χ4n) is 2.23. The molecule has 2 aromatic carbocycles. The predicted octanol–water partition coefficient (Wildman–Crippen LogP) is 2.43. The Kier molecular flexibility index (Phi) is 2.95. The molecule has 0 saturated carbocycles. The fourth-order valence-corrected chi connectivity index (χ4v) is 2.23. The van der Waals surface area contributed by atoms with Crippen LogP contribution in [0.2, 0.25) is 0 Å². The van der Waals surface area contributed by atoms with Gasteiger partial charge in [-0.2, -0.15) is 0 Å². The third-order valence-electron chi connectivity index (χ3n) is 3.44. The van der Waals surface area contributed by atoms with E-state index in [1.165, 1.54) is 24.3 Å². The lowest BCUT2D eigenvalue weighted by Crippen LogP contribution is -1.98. The van der Waals surface area contributed by atoms with Crippen LogP contribution in [0.15, 0.2) is 30.0 Å². The molecule has 0 saturated heterocycles. The van der Waals surface area contributed by atoms with E-state index in [4.69, 9.17) is 4.74 Å². The summed E-state index contributed by atoms with van der Waals surface area (Å²) in [5.74, 6) is -1.60. The number of hydrogen-bond acceptors (Lipinski definition) is 6. The molecule has 1 aliphatic heterocycles. The SMILES string of the molecule is Cc1c(O)cc(O)c2c1OC(=Cc1ccc(O)c(O)c1)C2=O. The van der Waals surface area contributed by atoms with E-state index in [0.717, 1.165) is 6.07 Å². The lowest BCUT2D eigenvalue weighted by molar-refractivity contribution is 0.101. The molecule has 0 spiro atoms. The molecule has 0 radical (unpaired) electrons. The van der Waals surface area contributed by atoms with Crippen LogP contribution in [0.5, 0.6) is 28.7 Å². The van der Waals surface area contributed by atoms with Crippen LogP contribution in [-0.4, -0.2) is 26.2 Å². The average molecular weight is 300 g/mol. The van der Waals surface area contributed by atoms with Gasteiger partial charge in [-0.3, -0.25) is 4.79 Å². The van der Waals surface area contributed by atoms with E-state index < -0.39 is 5.78 Å². The summed E-state index contributed by atoms with van der Waals surface area (Å²) >= 11 is 0. The summed E-state index contributed by atoms with van der Waals surface area (Å²) in [6.45, 7) is 1.57. The summed E-state index contributed by atoms with van der Waals surface area (Å²) in [5, 5.41) is 38.2. The second-order valence-corrected chi connectivity index (χ2v) is 4.93. The summed E-state index contributed by atoms with van der Waals surface area (Å²) < 4.78 is 5.43. The topological polar surface area (TPSA) is 107 Å². The number of ether oxygens (including phenoxy) is 1. The van der Waals surface area contributed by atoms with Crippen LogP contribution in [0.3, 0.4) is 0 Å². The Morgan fingerprint density at radius 2 is 1.68 bits per heavy atom. The number of carbonyl (C=O) groups excluding carboxylic acids is 1. The number of aromatic hydroxyl groups is 4. The second kappa shape index (κ2) is 4.70. The Balaban J connectivity index is 2.07. The van der Waals surface area contributed by atoms with Gasteiger partial charge in [-0.05, 0) is 30.7 Å². The first-order chi connectivity index (χ1) is 10.4. The zero-order valence-electron chi connectivity index (χ0n) is 11.5. The highest BCUT2D eigenvalue weighted by atomic mass is 16.5. The second-order valence-electron chi connectivity index (χ2n) is 4.93. The maximum atomic E-state index is 12.3. The molecule has 0 fully saturated rings. The van der Waals surface area contributed by atoms with Gasteiger partial charge >= 0.3 is 0 Å². The van der Waals surface area contributed by atoms with Gasteiger partial charge in [0, 0.05) is 11.6 Å². The van der Waals surface area contributed by atoms with Crippen LogP contribution in [-0.2, 0) is 0 Å². The quantitative estimate of drug-likeness (QED) is 0.476. The van der Waals surface area contributed by atoms with Gasteiger partial charge in [0.25, 0.3) is 0 Å². The summed E-state index contributed by atoms with van der Waals surface area (Å²) in [6, 6.07) is 5.13. The van der Waals surface area contributed by atoms with Crippen LogP contribution in [0.25, 0.3) is 6.08 Å². The van der Waals surface area contributed by atoms with Crippen molar-refractivity contribution in [3.8, 4) is 28.7 Å². The molecular weight excluding hydrogens is 288 g/mol. The van der Waals surface area contributed by atoms with Crippen molar-refractivity contribution in [3.05, 3.63) is 46.7 Å². The van der Waals surface area contributed by atoms with Crippen molar-refractivity contribution < 1.29 is 30.0 Å². The first-order valence-corrected chi connectivity index (χ1v) is 6.40. The Bertz CT molecular complexity index is 835. The van der Waals surface area contributed by atoms with Gasteiger partial charge in [-0.25, -0.2) is 0 Å². The largest absolute Gasteiger partial charge is 0.507 e. The number of ketones is 1. The van der Waals surface area contributed by atoms with E-state index in [-0.39, 0.29) is 40.1 Å². The summed E-state index contributed by atoms with van der Waals surface area (Å²) in [4.78, 5) is 12.3. The molecule has 1 aliphatic rings. The molecule has 0 amide bonds. The molecule has 0 unspecified atom stereocenters. The van der Waals surface area contributed by atoms with E-state index in [1.54, 1.807) is 6.92 Å². The maximum absolute atomic E-state index is 12.3. The minimum absolute atomic E-state index is 0.00968. The van der Waals surface area contributed by atoms with Crippen molar-refractivity contribution in [1.29, 1.82) is 0 Å². The number of benzene rings is 2. The third kappa shape index (κ3) is 2.01. The molecule has 6 nitrogen and oxygen atoms in total. The lowest BCUT2D eigenvalue weighted by Gasteiger charge is -2.05. The van der Waals surface area contributed by atoms with Crippen LogP contribution in [0.1, 0.15) is 21.5 Å². The molecule has 2 aromatic rings. The van der Waals surface area contributed by atoms with Gasteiger partial charge in [-0.15, -0.1) is 0 Å². The normalized spacial score (nSPS) is 15.0. The Hall–Kier alpha value is -3.15. The van der Waals surface area contributed by atoms with Crippen LogP contribution in [0, 0.1) is 6.92 Å². The number of allylic oxidation sites excluding steroid dienone is 1. The number of phenolic OH excluding ortho intramolecular Hbond substituents is 4. The minimum atomic E-state index is -0.525. The highest BCUT2D eigenvalue weighted by Gasteiger charge is 2.33. The predicted molar refractivity (Wildman–Crippen MR) is 77.2 cm³/mol. The van der Waals surface area contributed by atoms with Crippen molar-refractivity contribution in [2.24, 2.45) is 0 Å². The number of phenols is 4. The van der Waals surface area contributed by atoms with Gasteiger partial charge in [0.05, 0.1) is 0 Å². The number of Topliss-reactive ketones (excluding diaryl/α,β-unsaturated/α-hetero) is 1. The molecular formula is C16H12O6. The van der Waals surface area contributed by atoms with Crippen LogP contribution >= 0.6 is 0 Å². The molecule has 112 valence electrons. The van der Waals surface area contributed by atoms with Crippen LogP contribution in [0.4, 0.5) is 0 Å². The first kappa shape index (κ1) is 13.8. The van der Waals surface area contributed by atoms with Crippen molar-refractivity contribution in [2.45, 2.75) is 6.92 Å². The molecule has 0 bridgehead atoms. The summed E-state index contributed by atoms with van der Waals surface area (Å²) in [5.41, 5.74) is 0.774. The highest BCUT2D eigenvalue weighted by Crippen LogP contribution is 2.44. The van der Waals surface area contributed by atoms with Crippen molar-refractivity contribution in [3.63, 3.8) is 0 Å². The van der Waals surface area contributed by atoms with Crippen LogP contribution < -0.4 is 4.74 Å². The van der Waals surface area contributed by atoms with Crippen molar-refractivity contribution >= 4 is 11.9 Å². The molecule has 6 heteroatoms. The van der Waals surface area contributed by atoms with E-state index in [9.17, 15) is 25.2 Å². The van der Waals surface area contributed by atoms with Crippen molar-refractivity contribution in [1.82, 2.24) is 0 Å². The molecule has 1 heterocycles. The zero-order chi connectivity index (χ0) is 16.0. The Morgan fingerprint density at radius 1 is 0.955 bits per heavy atom. The van der Waals surface area contributed by atoms with Gasteiger partial charge in [0.1, 0.15) is 22.8 Å². The first-order valence-electron chi connectivity index (χ1n) is 6.40.